The molecule has 2 atom stereocenters. The molecule has 172 valence electrons. The van der Waals surface area contributed by atoms with E-state index in [2.05, 4.69) is 15.7 Å². The smallest absolute Gasteiger partial charge is 0.251 e. The van der Waals surface area contributed by atoms with Crippen molar-refractivity contribution in [1.29, 1.82) is 0 Å². The van der Waals surface area contributed by atoms with Gasteiger partial charge >= 0.3 is 0 Å². The van der Waals surface area contributed by atoms with Crippen molar-refractivity contribution in [2.75, 3.05) is 19.5 Å². The van der Waals surface area contributed by atoms with Gasteiger partial charge in [0.2, 0.25) is 5.91 Å². The molecular weight excluding hydrogens is 444 g/mol. The van der Waals surface area contributed by atoms with Crippen LogP contribution < -0.4 is 20.1 Å². The number of benzene rings is 2. The van der Waals surface area contributed by atoms with Crippen molar-refractivity contribution in [1.82, 2.24) is 15.1 Å². The zero-order valence-corrected chi connectivity index (χ0v) is 19.8. The highest BCUT2D eigenvalue weighted by Gasteiger charge is 2.41. The second kappa shape index (κ2) is 8.78. The van der Waals surface area contributed by atoms with Crippen molar-refractivity contribution in [3.63, 3.8) is 0 Å². The summed E-state index contributed by atoms with van der Waals surface area (Å²) in [5, 5.41) is 10.6. The number of hydrogen-bond donors (Lipinski definition) is 2. The maximum Gasteiger partial charge on any atom is 0.251 e. The van der Waals surface area contributed by atoms with Crippen LogP contribution in [0.5, 0.6) is 11.5 Å². The first-order valence-electron chi connectivity index (χ1n) is 10.4. The van der Waals surface area contributed by atoms with E-state index in [0.717, 1.165) is 16.8 Å². The Kier molecular flexibility index (Phi) is 6.03. The van der Waals surface area contributed by atoms with Crippen LogP contribution in [0.15, 0.2) is 36.4 Å². The van der Waals surface area contributed by atoms with Gasteiger partial charge in [0.15, 0.2) is 11.5 Å². The number of fused-ring (bicyclic) bond motifs is 1. The number of aryl methyl sites for hydroxylation is 3. The average Bonchev–Trinajstić information content (AvgIpc) is 3.06. The molecular formula is C24H25ClN4O4. The van der Waals surface area contributed by atoms with Crippen molar-refractivity contribution >= 4 is 29.2 Å². The third kappa shape index (κ3) is 4.02. The highest BCUT2D eigenvalue weighted by atomic mass is 35.5. The van der Waals surface area contributed by atoms with Gasteiger partial charge in [0.1, 0.15) is 11.9 Å². The van der Waals surface area contributed by atoms with E-state index in [0.29, 0.717) is 33.5 Å². The minimum atomic E-state index is -0.900. The fraction of sp³-hybridized carbons (Fsp3) is 0.292. The second-order valence-electron chi connectivity index (χ2n) is 8.00. The number of rotatable bonds is 5. The van der Waals surface area contributed by atoms with Gasteiger partial charge in [-0.05, 0) is 43.7 Å². The molecule has 2 N–H and O–H groups in total. The van der Waals surface area contributed by atoms with E-state index in [1.807, 2.05) is 19.9 Å². The number of aromatic nitrogens is 2. The molecule has 4 rings (SSSR count). The molecule has 0 saturated heterocycles. The predicted octanol–water partition coefficient (Wildman–Crippen LogP) is 3.59. The molecule has 0 saturated carbocycles. The zero-order chi connectivity index (χ0) is 23.9. The van der Waals surface area contributed by atoms with Gasteiger partial charge in [0.05, 0.1) is 24.9 Å². The number of carbonyl (C=O) groups excluding carboxylic acids is 2. The molecule has 2 heterocycles. The number of carbonyl (C=O) groups is 2. The number of nitrogens with one attached hydrogen (secondary N) is 2. The van der Waals surface area contributed by atoms with Gasteiger partial charge in [-0.1, -0.05) is 29.3 Å². The maximum atomic E-state index is 13.2. The lowest BCUT2D eigenvalue weighted by Gasteiger charge is -2.33. The van der Waals surface area contributed by atoms with Crippen LogP contribution in [0.3, 0.4) is 0 Å². The summed E-state index contributed by atoms with van der Waals surface area (Å²) in [6.45, 7) is 3.77. The van der Waals surface area contributed by atoms with Crippen molar-refractivity contribution in [3.8, 4) is 11.5 Å². The molecule has 0 spiro atoms. The van der Waals surface area contributed by atoms with E-state index in [-0.39, 0.29) is 11.8 Å². The number of halogens is 1. The van der Waals surface area contributed by atoms with Crippen LogP contribution in [0.25, 0.3) is 0 Å². The molecule has 9 heteroatoms. The summed E-state index contributed by atoms with van der Waals surface area (Å²) < 4.78 is 12.5. The Hall–Kier alpha value is -3.52. The van der Waals surface area contributed by atoms with Crippen LogP contribution in [0.1, 0.15) is 38.7 Å². The van der Waals surface area contributed by atoms with E-state index in [9.17, 15) is 9.59 Å². The van der Waals surface area contributed by atoms with Crippen LogP contribution in [-0.4, -0.2) is 41.9 Å². The Balaban J connectivity index is 1.85. The summed E-state index contributed by atoms with van der Waals surface area (Å²) in [5.41, 5.74) is 3.65. The summed E-state index contributed by atoms with van der Waals surface area (Å²) in [5.74, 6) is 0.162. The molecule has 0 unspecified atom stereocenters. The largest absolute Gasteiger partial charge is 0.493 e. The first-order chi connectivity index (χ1) is 15.7. The number of methoxy groups -OCH3 is 2. The molecule has 0 bridgehead atoms. The molecule has 0 radical (unpaired) electrons. The van der Waals surface area contributed by atoms with Crippen LogP contribution in [0.4, 0.5) is 5.82 Å². The van der Waals surface area contributed by atoms with E-state index < -0.39 is 12.0 Å². The summed E-state index contributed by atoms with van der Waals surface area (Å²) in [7, 11) is 4.78. The topological polar surface area (TPSA) is 94.5 Å². The van der Waals surface area contributed by atoms with Crippen LogP contribution in [0.2, 0.25) is 5.02 Å². The molecule has 1 aromatic heterocycles. The quantitative estimate of drug-likeness (QED) is 0.596. The Labute approximate surface area is 196 Å². The summed E-state index contributed by atoms with van der Waals surface area (Å²) in [6, 6.07) is 9.81. The van der Waals surface area contributed by atoms with E-state index in [4.69, 9.17) is 21.1 Å². The first kappa shape index (κ1) is 22.7. The van der Waals surface area contributed by atoms with Crippen LogP contribution in [-0.2, 0) is 11.8 Å². The molecule has 8 nitrogen and oxygen atoms in total. The zero-order valence-electron chi connectivity index (χ0n) is 19.0. The molecule has 2 aromatic carbocycles. The summed E-state index contributed by atoms with van der Waals surface area (Å²) in [4.78, 5) is 26.3. The Bertz CT molecular complexity index is 1250. The maximum absolute atomic E-state index is 13.2. The first-order valence-corrected chi connectivity index (χ1v) is 10.8. The van der Waals surface area contributed by atoms with Crippen molar-refractivity contribution in [2.45, 2.75) is 25.8 Å². The molecule has 0 fully saturated rings. The standard InChI is InChI=1S/C24H25ClN4O4/c1-12-7-6-8-14(9-12)23(30)26-20-19(15-10-16(25)21(33-5)17(11-15)32-4)18-13(2)28-29(3)22(18)27-24(20)31/h6-11,19-20H,1-5H3,(H,26,30)(H,27,31)/t19-,20+/m0/s1. The molecule has 0 aliphatic carbocycles. The van der Waals surface area contributed by atoms with Gasteiger partial charge in [-0.3, -0.25) is 14.3 Å². The van der Waals surface area contributed by atoms with Crippen molar-refractivity contribution < 1.29 is 19.1 Å². The van der Waals surface area contributed by atoms with Gasteiger partial charge in [0, 0.05) is 24.1 Å². The lowest BCUT2D eigenvalue weighted by atomic mass is 9.81. The van der Waals surface area contributed by atoms with E-state index in [1.165, 1.54) is 14.2 Å². The molecule has 3 aromatic rings. The average molecular weight is 469 g/mol. The summed E-state index contributed by atoms with van der Waals surface area (Å²) >= 11 is 6.49. The minimum Gasteiger partial charge on any atom is -0.493 e. The SMILES string of the molecule is COc1cc([C@H]2c3c(C)nn(C)c3NC(=O)[C@@H]2NC(=O)c2cccc(C)c2)cc(Cl)c1OC. The molecule has 33 heavy (non-hydrogen) atoms. The van der Waals surface area contributed by atoms with E-state index >= 15 is 0 Å². The fourth-order valence-electron chi connectivity index (χ4n) is 4.34. The van der Waals surface area contributed by atoms with Gasteiger partial charge < -0.3 is 20.1 Å². The number of anilines is 1. The predicted molar refractivity (Wildman–Crippen MR) is 125 cm³/mol. The highest BCUT2D eigenvalue weighted by Crippen LogP contribution is 2.44. The normalized spacial score (nSPS) is 17.2. The second-order valence-corrected chi connectivity index (χ2v) is 8.40. The summed E-state index contributed by atoms with van der Waals surface area (Å²) in [6.07, 6.45) is 0. The lowest BCUT2D eigenvalue weighted by molar-refractivity contribution is -0.118. The number of ether oxygens (including phenoxy) is 2. The van der Waals surface area contributed by atoms with Gasteiger partial charge in [-0.2, -0.15) is 5.10 Å². The van der Waals surface area contributed by atoms with Crippen molar-refractivity contribution in [2.24, 2.45) is 7.05 Å². The Morgan fingerprint density at radius 2 is 1.94 bits per heavy atom. The highest BCUT2D eigenvalue weighted by molar-refractivity contribution is 6.32. The molecule has 1 aliphatic rings. The molecule has 2 amide bonds. The lowest BCUT2D eigenvalue weighted by Crippen LogP contribution is -2.50. The minimum absolute atomic E-state index is 0.338. The van der Waals surface area contributed by atoms with Crippen molar-refractivity contribution in [3.05, 3.63) is 69.4 Å². The van der Waals surface area contributed by atoms with Gasteiger partial charge in [-0.25, -0.2) is 0 Å². The number of amides is 2. The van der Waals surface area contributed by atoms with Crippen LogP contribution in [0, 0.1) is 13.8 Å². The van der Waals surface area contributed by atoms with E-state index in [1.54, 1.807) is 42.1 Å². The third-order valence-corrected chi connectivity index (χ3v) is 6.10. The van der Waals surface area contributed by atoms with Gasteiger partial charge in [0.25, 0.3) is 5.91 Å². The Morgan fingerprint density at radius 1 is 1.18 bits per heavy atom. The number of hydrogen-bond acceptors (Lipinski definition) is 5. The molecule has 1 aliphatic heterocycles. The fourth-order valence-corrected chi connectivity index (χ4v) is 4.64. The Morgan fingerprint density at radius 3 is 2.61 bits per heavy atom. The number of nitrogens with zero attached hydrogens (tertiary/aromatic N) is 2. The third-order valence-electron chi connectivity index (χ3n) is 5.82. The monoisotopic (exact) mass is 468 g/mol. The van der Waals surface area contributed by atoms with Gasteiger partial charge in [-0.15, -0.1) is 0 Å². The van der Waals surface area contributed by atoms with Crippen LogP contribution >= 0.6 is 11.6 Å².